The molecule has 0 saturated carbocycles. The van der Waals surface area contributed by atoms with Crippen LogP contribution in [0.3, 0.4) is 0 Å². The molecule has 78 valence electrons. The van der Waals surface area contributed by atoms with E-state index in [4.69, 9.17) is 4.78 Å². The zero-order chi connectivity index (χ0) is 9.35. The molecule has 5 nitrogen and oxygen atoms in total. The maximum absolute atomic E-state index is 11.1. The largest absolute Gasteiger partial charge is 0.469 e. The molecule has 1 heterocycles. The summed E-state index contributed by atoms with van der Waals surface area (Å²) in [4.78, 5) is 10.9. The molecule has 1 unspecified atom stereocenters. The Hall–Kier alpha value is -0.330. The normalized spacial score (nSPS) is 22.3. The van der Waals surface area contributed by atoms with Gasteiger partial charge in [-0.05, 0) is 0 Å². The minimum absolute atomic E-state index is 0. The predicted molar refractivity (Wildman–Crippen MR) is 51.1 cm³/mol. The highest BCUT2D eigenvalue weighted by Gasteiger charge is 2.36. The van der Waals surface area contributed by atoms with Gasteiger partial charge in [-0.1, -0.05) is 0 Å². The van der Waals surface area contributed by atoms with Gasteiger partial charge in [0.2, 0.25) is 0 Å². The molecule has 0 radical (unpaired) electrons. The number of hydrogen-bond acceptors (Lipinski definition) is 4. The molecule has 0 bridgehead atoms. The third kappa shape index (κ3) is 2.82. The maximum Gasteiger partial charge on any atom is 0.311 e. The Bertz CT molecular complexity index is 284. The summed E-state index contributed by atoms with van der Waals surface area (Å²) in [5, 5.41) is 0. The number of nitrogens with one attached hydrogen (secondary N) is 1. The van der Waals surface area contributed by atoms with Gasteiger partial charge in [-0.15, -0.1) is 12.4 Å². The third-order valence-corrected chi connectivity index (χ3v) is 3.16. The van der Waals surface area contributed by atoms with E-state index in [2.05, 4.69) is 4.74 Å². The average Bonchev–Trinajstić information content (AvgIpc) is 1.80. The number of rotatable bonds is 2. The summed E-state index contributed by atoms with van der Waals surface area (Å²) in [5.74, 6) is -0.476. The lowest BCUT2D eigenvalue weighted by atomic mass is 10.0. The molecule has 0 aromatic carbocycles. The number of hydrogen-bond donors (Lipinski definition) is 1. The lowest BCUT2D eigenvalue weighted by Gasteiger charge is -2.36. The summed E-state index contributed by atoms with van der Waals surface area (Å²) in [6, 6.07) is 0. The van der Waals surface area contributed by atoms with Gasteiger partial charge in [-0.2, -0.15) is 0 Å². The maximum atomic E-state index is 11.1. The van der Waals surface area contributed by atoms with Gasteiger partial charge in [-0.3, -0.25) is 4.79 Å². The minimum atomic E-state index is -2.62. The molecule has 0 amide bonds. The summed E-state index contributed by atoms with van der Waals surface area (Å²) < 4.78 is 24.2. The van der Waals surface area contributed by atoms with E-state index in [1.54, 1.807) is 0 Å². The Morgan fingerprint density at radius 1 is 1.62 bits per heavy atom. The van der Waals surface area contributed by atoms with Crippen molar-refractivity contribution in [1.29, 1.82) is 4.78 Å². The molecule has 1 N–H and O–H groups in total. The standard InChI is InChI=1S/C6H12N2O3S.ClH/c1-11-6(9)5-3-8(4-5)12(2,7)10;/h5,7H,3-4H2,1-2H3;1H. The van der Waals surface area contributed by atoms with Crippen LogP contribution in [-0.2, 0) is 19.4 Å². The number of carbonyl (C=O) groups is 1. The summed E-state index contributed by atoms with van der Waals surface area (Å²) in [6.45, 7) is 0.761. The molecule has 0 spiro atoms. The third-order valence-electron chi connectivity index (χ3n) is 1.88. The lowest BCUT2D eigenvalue weighted by molar-refractivity contribution is -0.149. The second-order valence-corrected chi connectivity index (χ2v) is 4.99. The van der Waals surface area contributed by atoms with Crippen LogP contribution in [0.2, 0.25) is 0 Å². The predicted octanol–water partition coefficient (Wildman–Crippen LogP) is 0.105. The Balaban J connectivity index is 0.00000144. The van der Waals surface area contributed by atoms with Gasteiger partial charge in [-0.25, -0.2) is 13.3 Å². The first-order chi connectivity index (χ1) is 5.45. The van der Waals surface area contributed by atoms with Gasteiger partial charge in [0.15, 0.2) is 0 Å². The van der Waals surface area contributed by atoms with Crippen LogP contribution in [0.15, 0.2) is 0 Å². The number of esters is 1. The van der Waals surface area contributed by atoms with Crippen molar-refractivity contribution in [2.45, 2.75) is 0 Å². The van der Waals surface area contributed by atoms with Gasteiger partial charge in [0, 0.05) is 19.3 Å². The Labute approximate surface area is 83.9 Å². The van der Waals surface area contributed by atoms with Gasteiger partial charge < -0.3 is 4.74 Å². The molecule has 1 rings (SSSR count). The van der Waals surface area contributed by atoms with Crippen LogP contribution in [0.5, 0.6) is 0 Å². The second kappa shape index (κ2) is 4.26. The summed E-state index contributed by atoms with van der Waals surface area (Å²) in [6.07, 6.45) is 1.35. The topological polar surface area (TPSA) is 70.5 Å². The van der Waals surface area contributed by atoms with Crippen molar-refractivity contribution < 1.29 is 13.7 Å². The Morgan fingerprint density at radius 3 is 2.38 bits per heavy atom. The molecule has 1 atom stereocenters. The van der Waals surface area contributed by atoms with E-state index in [-0.39, 0.29) is 24.3 Å². The first kappa shape index (κ1) is 12.7. The number of ether oxygens (including phenoxy) is 1. The van der Waals surface area contributed by atoms with Crippen molar-refractivity contribution >= 4 is 28.3 Å². The van der Waals surface area contributed by atoms with Crippen LogP contribution < -0.4 is 0 Å². The molecule has 1 aliphatic rings. The summed E-state index contributed by atoms with van der Waals surface area (Å²) >= 11 is 0. The van der Waals surface area contributed by atoms with Crippen LogP contribution in [0.4, 0.5) is 0 Å². The fourth-order valence-electron chi connectivity index (χ4n) is 1.04. The first-order valence-electron chi connectivity index (χ1n) is 3.52. The van der Waals surface area contributed by atoms with E-state index < -0.39 is 9.92 Å². The van der Waals surface area contributed by atoms with Gasteiger partial charge in [0.25, 0.3) is 0 Å². The molecule has 13 heavy (non-hydrogen) atoms. The van der Waals surface area contributed by atoms with Crippen LogP contribution in [0.1, 0.15) is 0 Å². The van der Waals surface area contributed by atoms with Gasteiger partial charge in [0.05, 0.1) is 13.0 Å². The monoisotopic (exact) mass is 228 g/mol. The minimum Gasteiger partial charge on any atom is -0.469 e. The highest BCUT2D eigenvalue weighted by molar-refractivity contribution is 7.89. The highest BCUT2D eigenvalue weighted by Crippen LogP contribution is 2.19. The molecular formula is C6H13ClN2O3S. The van der Waals surface area contributed by atoms with E-state index in [1.165, 1.54) is 17.7 Å². The molecule has 1 fully saturated rings. The van der Waals surface area contributed by atoms with Crippen molar-refractivity contribution in [3.05, 3.63) is 0 Å². The van der Waals surface area contributed by atoms with Crippen LogP contribution >= 0.6 is 12.4 Å². The van der Waals surface area contributed by atoms with Crippen LogP contribution in [0, 0.1) is 10.7 Å². The molecule has 7 heteroatoms. The Morgan fingerprint density at radius 2 is 2.08 bits per heavy atom. The molecule has 0 aromatic heterocycles. The van der Waals surface area contributed by atoms with Gasteiger partial charge in [0.1, 0.15) is 9.92 Å². The first-order valence-corrected chi connectivity index (χ1v) is 5.44. The van der Waals surface area contributed by atoms with Crippen LogP contribution in [0.25, 0.3) is 0 Å². The van der Waals surface area contributed by atoms with Crippen molar-refractivity contribution in [3.63, 3.8) is 0 Å². The van der Waals surface area contributed by atoms with Crippen molar-refractivity contribution in [3.8, 4) is 0 Å². The number of carbonyl (C=O) groups excluding carboxylic acids is 1. The van der Waals surface area contributed by atoms with Crippen molar-refractivity contribution in [2.24, 2.45) is 5.92 Å². The van der Waals surface area contributed by atoms with Crippen molar-refractivity contribution in [2.75, 3.05) is 26.5 Å². The number of methoxy groups -OCH3 is 1. The van der Waals surface area contributed by atoms with E-state index in [9.17, 15) is 9.00 Å². The van der Waals surface area contributed by atoms with E-state index in [1.807, 2.05) is 0 Å². The number of nitrogens with zero attached hydrogens (tertiary/aromatic N) is 1. The van der Waals surface area contributed by atoms with E-state index >= 15 is 0 Å². The molecule has 1 aliphatic heterocycles. The van der Waals surface area contributed by atoms with Gasteiger partial charge >= 0.3 is 5.97 Å². The van der Waals surface area contributed by atoms with Crippen molar-refractivity contribution in [1.82, 2.24) is 4.31 Å². The average molecular weight is 229 g/mol. The fraction of sp³-hybridized carbons (Fsp3) is 0.833. The zero-order valence-corrected chi connectivity index (χ0v) is 9.11. The summed E-state index contributed by atoms with van der Waals surface area (Å²) in [5.41, 5.74) is 0. The highest BCUT2D eigenvalue weighted by atomic mass is 35.5. The SMILES string of the molecule is COC(=O)C1CN(S(C)(=N)=O)C1.Cl. The molecule has 0 aromatic rings. The molecule has 0 aliphatic carbocycles. The number of halogens is 1. The van der Waals surface area contributed by atoms with Crippen LogP contribution in [-0.4, -0.2) is 40.9 Å². The summed E-state index contributed by atoms with van der Waals surface area (Å²) in [7, 11) is -1.29. The van der Waals surface area contributed by atoms with E-state index in [0.717, 1.165) is 0 Å². The smallest absolute Gasteiger partial charge is 0.311 e. The quantitative estimate of drug-likeness (QED) is 0.682. The van der Waals surface area contributed by atoms with E-state index in [0.29, 0.717) is 13.1 Å². The molecular weight excluding hydrogens is 216 g/mol. The molecule has 1 saturated heterocycles. The zero-order valence-electron chi connectivity index (χ0n) is 7.48. The second-order valence-electron chi connectivity index (χ2n) is 2.87. The lowest BCUT2D eigenvalue weighted by Crippen LogP contribution is -2.52. The Kier molecular flexibility index (Phi) is 4.15. The fourth-order valence-corrected chi connectivity index (χ4v) is 1.97.